The van der Waals surface area contributed by atoms with Crippen LogP contribution in [-0.4, -0.2) is 37.9 Å². The summed E-state index contributed by atoms with van der Waals surface area (Å²) < 4.78 is 4.41. The van der Waals surface area contributed by atoms with Crippen LogP contribution in [0.25, 0.3) is 0 Å². The number of rotatable bonds is 5. The molecular formula is C7H15NO3. The highest BCUT2D eigenvalue weighted by Crippen LogP contribution is 1.96. The highest BCUT2D eigenvalue weighted by molar-refractivity contribution is 5.69. The van der Waals surface area contributed by atoms with Crippen molar-refractivity contribution in [3.05, 3.63) is 0 Å². The Kier molecular flexibility index (Phi) is 5.78. The van der Waals surface area contributed by atoms with Crippen LogP contribution in [0.4, 0.5) is 0 Å². The van der Waals surface area contributed by atoms with Crippen molar-refractivity contribution in [1.29, 1.82) is 0 Å². The lowest BCUT2D eigenvalue weighted by Crippen LogP contribution is -2.24. The molecule has 66 valence electrons. The lowest BCUT2D eigenvalue weighted by atomic mass is 10.2. The fraction of sp³-hybridized carbons (Fsp3) is 0.857. The summed E-state index contributed by atoms with van der Waals surface area (Å²) in [5.74, 6) is -0.278. The van der Waals surface area contributed by atoms with Gasteiger partial charge in [-0.1, -0.05) is 0 Å². The van der Waals surface area contributed by atoms with Crippen molar-refractivity contribution >= 4 is 5.97 Å². The summed E-state index contributed by atoms with van der Waals surface area (Å²) in [5, 5.41) is 11.9. The number of aliphatic hydroxyl groups excluding tert-OH is 1. The molecule has 0 bridgehead atoms. The van der Waals surface area contributed by atoms with Crippen molar-refractivity contribution in [2.45, 2.75) is 18.9 Å². The van der Waals surface area contributed by atoms with Gasteiger partial charge in [0.1, 0.15) is 0 Å². The topological polar surface area (TPSA) is 58.6 Å². The second-order valence-corrected chi connectivity index (χ2v) is 2.33. The second-order valence-electron chi connectivity index (χ2n) is 2.33. The van der Waals surface area contributed by atoms with Gasteiger partial charge in [-0.15, -0.1) is 0 Å². The maximum Gasteiger partial charge on any atom is 0.305 e. The highest BCUT2D eigenvalue weighted by Gasteiger charge is 2.06. The van der Waals surface area contributed by atoms with Crippen molar-refractivity contribution in [1.82, 2.24) is 5.32 Å². The van der Waals surface area contributed by atoms with Gasteiger partial charge in [0.15, 0.2) is 0 Å². The Morgan fingerprint density at radius 2 is 2.36 bits per heavy atom. The predicted octanol–water partition coefficient (Wildman–Crippen LogP) is -0.480. The number of aliphatic hydroxyl groups is 1. The van der Waals surface area contributed by atoms with E-state index in [-0.39, 0.29) is 12.4 Å². The Hall–Kier alpha value is -0.610. The predicted molar refractivity (Wildman–Crippen MR) is 41.2 cm³/mol. The number of methoxy groups -OCH3 is 1. The smallest absolute Gasteiger partial charge is 0.305 e. The molecule has 0 spiro atoms. The van der Waals surface area contributed by atoms with E-state index < -0.39 is 6.10 Å². The zero-order chi connectivity index (χ0) is 8.69. The second kappa shape index (κ2) is 6.12. The summed E-state index contributed by atoms with van der Waals surface area (Å²) in [6, 6.07) is 0. The number of hydrogen-bond acceptors (Lipinski definition) is 4. The summed E-state index contributed by atoms with van der Waals surface area (Å²) in [7, 11) is 3.09. The van der Waals surface area contributed by atoms with Crippen LogP contribution in [0.15, 0.2) is 0 Å². The third-order valence-electron chi connectivity index (χ3n) is 1.35. The third kappa shape index (κ3) is 5.82. The molecule has 0 amide bonds. The van der Waals surface area contributed by atoms with E-state index in [2.05, 4.69) is 10.1 Å². The van der Waals surface area contributed by atoms with Crippen LogP contribution in [0.3, 0.4) is 0 Å². The lowest BCUT2D eigenvalue weighted by molar-refractivity contribution is -0.141. The molecule has 11 heavy (non-hydrogen) atoms. The molecule has 2 N–H and O–H groups in total. The van der Waals surface area contributed by atoms with Gasteiger partial charge >= 0.3 is 5.97 Å². The van der Waals surface area contributed by atoms with E-state index in [1.807, 2.05) is 0 Å². The molecule has 0 fully saturated rings. The van der Waals surface area contributed by atoms with Crippen LogP contribution in [-0.2, 0) is 9.53 Å². The minimum absolute atomic E-state index is 0.277. The van der Waals surface area contributed by atoms with E-state index in [9.17, 15) is 4.79 Å². The van der Waals surface area contributed by atoms with Crippen LogP contribution in [0, 0.1) is 0 Å². The molecule has 0 aromatic carbocycles. The minimum Gasteiger partial charge on any atom is -0.469 e. The summed E-state index contributed by atoms with van der Waals surface area (Å²) in [6.45, 7) is 0.511. The molecule has 4 heteroatoms. The fourth-order valence-corrected chi connectivity index (χ4v) is 0.724. The van der Waals surface area contributed by atoms with Crippen LogP contribution < -0.4 is 5.32 Å². The summed E-state index contributed by atoms with van der Waals surface area (Å²) >= 11 is 0. The number of carbonyl (C=O) groups excluding carboxylic acids is 1. The number of nitrogens with one attached hydrogen (secondary N) is 1. The van der Waals surface area contributed by atoms with Crippen LogP contribution in [0.5, 0.6) is 0 Å². The van der Waals surface area contributed by atoms with Gasteiger partial charge in [-0.25, -0.2) is 0 Å². The van der Waals surface area contributed by atoms with Gasteiger partial charge in [-0.2, -0.15) is 0 Å². The van der Waals surface area contributed by atoms with Crippen molar-refractivity contribution in [3.63, 3.8) is 0 Å². The van der Waals surface area contributed by atoms with Crippen molar-refractivity contribution in [3.8, 4) is 0 Å². The normalized spacial score (nSPS) is 12.6. The van der Waals surface area contributed by atoms with Gasteiger partial charge in [0.05, 0.1) is 13.2 Å². The summed E-state index contributed by atoms with van der Waals surface area (Å²) in [4.78, 5) is 10.6. The standard InChI is InChI=1S/C7H15NO3/c1-8-5-6(9)3-4-7(10)11-2/h6,8-9H,3-5H2,1-2H3/t6-/m1/s1. The van der Waals surface area contributed by atoms with Gasteiger partial charge in [-0.05, 0) is 13.5 Å². The van der Waals surface area contributed by atoms with Gasteiger partial charge < -0.3 is 15.2 Å². The fourth-order valence-electron chi connectivity index (χ4n) is 0.724. The minimum atomic E-state index is -0.459. The molecular weight excluding hydrogens is 146 g/mol. The SMILES string of the molecule is CNC[C@H](O)CCC(=O)OC. The molecule has 0 heterocycles. The largest absolute Gasteiger partial charge is 0.469 e. The Morgan fingerprint density at radius 1 is 1.73 bits per heavy atom. The number of esters is 1. The zero-order valence-electron chi connectivity index (χ0n) is 6.96. The molecule has 1 atom stereocenters. The monoisotopic (exact) mass is 161 g/mol. The van der Waals surface area contributed by atoms with Crippen molar-refractivity contribution in [2.75, 3.05) is 20.7 Å². The van der Waals surface area contributed by atoms with Crippen LogP contribution in [0.2, 0.25) is 0 Å². The zero-order valence-corrected chi connectivity index (χ0v) is 6.96. The van der Waals surface area contributed by atoms with E-state index in [4.69, 9.17) is 5.11 Å². The molecule has 0 radical (unpaired) electrons. The average Bonchev–Trinajstić information content (AvgIpc) is 2.01. The van der Waals surface area contributed by atoms with E-state index in [1.165, 1.54) is 7.11 Å². The Bertz CT molecular complexity index is 116. The maximum absolute atomic E-state index is 10.6. The third-order valence-corrected chi connectivity index (χ3v) is 1.35. The molecule has 0 aliphatic rings. The first-order chi connectivity index (χ1) is 5.20. The quantitative estimate of drug-likeness (QED) is 0.535. The number of hydrogen-bond donors (Lipinski definition) is 2. The number of likely N-dealkylation sites (N-methyl/N-ethyl adjacent to an activating group) is 1. The van der Waals surface area contributed by atoms with E-state index in [0.29, 0.717) is 13.0 Å². The molecule has 0 aliphatic heterocycles. The van der Waals surface area contributed by atoms with Gasteiger partial charge in [0.25, 0.3) is 0 Å². The molecule has 0 unspecified atom stereocenters. The Labute approximate surface area is 66.5 Å². The maximum atomic E-state index is 10.6. The Morgan fingerprint density at radius 3 is 2.82 bits per heavy atom. The first-order valence-corrected chi connectivity index (χ1v) is 3.60. The first-order valence-electron chi connectivity index (χ1n) is 3.60. The molecule has 0 saturated carbocycles. The van der Waals surface area contributed by atoms with E-state index in [1.54, 1.807) is 7.05 Å². The molecule has 0 aliphatic carbocycles. The van der Waals surface area contributed by atoms with Gasteiger partial charge in [0.2, 0.25) is 0 Å². The Balaban J connectivity index is 3.29. The lowest BCUT2D eigenvalue weighted by Gasteiger charge is -2.07. The van der Waals surface area contributed by atoms with Crippen LogP contribution in [0.1, 0.15) is 12.8 Å². The van der Waals surface area contributed by atoms with Gasteiger partial charge in [0, 0.05) is 13.0 Å². The molecule has 4 nitrogen and oxygen atoms in total. The first kappa shape index (κ1) is 10.4. The van der Waals surface area contributed by atoms with Crippen molar-refractivity contribution < 1.29 is 14.6 Å². The average molecular weight is 161 g/mol. The molecule has 0 rings (SSSR count). The molecule has 0 aromatic heterocycles. The summed E-state index contributed by atoms with van der Waals surface area (Å²) in [5.41, 5.74) is 0. The highest BCUT2D eigenvalue weighted by atomic mass is 16.5. The van der Waals surface area contributed by atoms with E-state index >= 15 is 0 Å². The van der Waals surface area contributed by atoms with E-state index in [0.717, 1.165) is 0 Å². The number of carbonyl (C=O) groups is 1. The van der Waals surface area contributed by atoms with Crippen molar-refractivity contribution in [2.24, 2.45) is 0 Å². The summed E-state index contributed by atoms with van der Waals surface area (Å²) in [6.07, 6.45) is 0.270. The molecule has 0 aromatic rings. The number of ether oxygens (including phenoxy) is 1. The van der Waals surface area contributed by atoms with Crippen LogP contribution >= 0.6 is 0 Å². The van der Waals surface area contributed by atoms with Gasteiger partial charge in [-0.3, -0.25) is 4.79 Å². The molecule has 0 saturated heterocycles.